The largest absolute Gasteiger partial charge is 0.327 e. The van der Waals surface area contributed by atoms with Gasteiger partial charge in [-0.05, 0) is 30.7 Å². The third-order valence-corrected chi connectivity index (χ3v) is 3.72. The van der Waals surface area contributed by atoms with Crippen LogP contribution >= 0.6 is 0 Å². The van der Waals surface area contributed by atoms with Crippen molar-refractivity contribution in [2.45, 2.75) is 38.1 Å². The third-order valence-electron chi connectivity index (χ3n) is 3.72. The van der Waals surface area contributed by atoms with E-state index < -0.39 is 16.4 Å². The summed E-state index contributed by atoms with van der Waals surface area (Å²) in [6.07, 6.45) is 4.89. The highest BCUT2D eigenvalue weighted by Crippen LogP contribution is 2.29. The van der Waals surface area contributed by atoms with Gasteiger partial charge in [-0.2, -0.15) is 4.39 Å². The van der Waals surface area contributed by atoms with Crippen molar-refractivity contribution in [3.8, 4) is 0 Å². The fraction of sp³-hybridized carbons (Fsp3) is 0.538. The van der Waals surface area contributed by atoms with Gasteiger partial charge in [0.05, 0.1) is 4.92 Å². The molecule has 1 aliphatic carbocycles. The quantitative estimate of drug-likeness (QED) is 0.661. The predicted molar refractivity (Wildman–Crippen MR) is 66.7 cm³/mol. The monoisotopic (exact) mass is 252 g/mol. The third kappa shape index (κ3) is 2.67. The second kappa shape index (κ2) is 5.44. The SMILES string of the molecule is NC(Cc1cccc([N+](=O)[O-])c1F)C1CCCC1. The second-order valence-electron chi connectivity index (χ2n) is 4.92. The van der Waals surface area contributed by atoms with Crippen LogP contribution in [0.25, 0.3) is 0 Å². The van der Waals surface area contributed by atoms with Crippen LogP contribution in [0.4, 0.5) is 10.1 Å². The highest BCUT2D eigenvalue weighted by atomic mass is 19.1. The van der Waals surface area contributed by atoms with Gasteiger partial charge in [0.15, 0.2) is 0 Å². The van der Waals surface area contributed by atoms with E-state index in [4.69, 9.17) is 5.73 Å². The minimum atomic E-state index is -0.740. The Morgan fingerprint density at radius 2 is 2.11 bits per heavy atom. The van der Waals surface area contributed by atoms with Crippen LogP contribution in [0.3, 0.4) is 0 Å². The Hall–Kier alpha value is -1.49. The van der Waals surface area contributed by atoms with Crippen molar-refractivity contribution in [3.63, 3.8) is 0 Å². The van der Waals surface area contributed by atoms with Gasteiger partial charge in [0.2, 0.25) is 5.82 Å². The lowest BCUT2D eigenvalue weighted by molar-refractivity contribution is -0.387. The molecule has 1 aromatic rings. The van der Waals surface area contributed by atoms with Gasteiger partial charge >= 0.3 is 5.69 Å². The van der Waals surface area contributed by atoms with Gasteiger partial charge in [0.25, 0.3) is 0 Å². The Morgan fingerprint density at radius 1 is 1.44 bits per heavy atom. The van der Waals surface area contributed by atoms with Crippen molar-refractivity contribution in [2.24, 2.45) is 11.7 Å². The van der Waals surface area contributed by atoms with Crippen molar-refractivity contribution in [1.29, 1.82) is 0 Å². The van der Waals surface area contributed by atoms with Crippen LogP contribution < -0.4 is 5.73 Å². The number of halogens is 1. The maximum absolute atomic E-state index is 13.9. The lowest BCUT2D eigenvalue weighted by atomic mass is 9.92. The highest BCUT2D eigenvalue weighted by molar-refractivity contribution is 5.37. The molecule has 1 aromatic carbocycles. The molecule has 0 amide bonds. The zero-order valence-corrected chi connectivity index (χ0v) is 10.1. The summed E-state index contributed by atoms with van der Waals surface area (Å²) in [5.41, 5.74) is 5.95. The Kier molecular flexibility index (Phi) is 3.91. The molecule has 0 heterocycles. The van der Waals surface area contributed by atoms with Gasteiger partial charge in [0, 0.05) is 12.1 Å². The molecule has 5 heteroatoms. The molecule has 1 atom stereocenters. The molecule has 0 radical (unpaired) electrons. The van der Waals surface area contributed by atoms with Crippen molar-refractivity contribution < 1.29 is 9.31 Å². The number of nitrogens with zero attached hydrogens (tertiary/aromatic N) is 1. The van der Waals surface area contributed by atoms with Crippen molar-refractivity contribution in [2.75, 3.05) is 0 Å². The van der Waals surface area contributed by atoms with E-state index in [1.807, 2.05) is 0 Å². The molecule has 0 bridgehead atoms. The Labute approximate surface area is 105 Å². The predicted octanol–water partition coefficient (Wildman–Crippen LogP) is 2.79. The topological polar surface area (TPSA) is 69.2 Å². The molecule has 98 valence electrons. The Balaban J connectivity index is 2.13. The zero-order chi connectivity index (χ0) is 13.1. The van der Waals surface area contributed by atoms with Crippen molar-refractivity contribution in [1.82, 2.24) is 0 Å². The fourth-order valence-corrected chi connectivity index (χ4v) is 2.67. The molecule has 0 aromatic heterocycles. The van der Waals surface area contributed by atoms with Crippen LogP contribution in [0.15, 0.2) is 18.2 Å². The molecule has 1 aliphatic rings. The van der Waals surface area contributed by atoms with E-state index in [1.165, 1.54) is 25.0 Å². The summed E-state index contributed by atoms with van der Waals surface area (Å²) in [5, 5.41) is 10.7. The average Bonchev–Trinajstić information content (AvgIpc) is 2.85. The van der Waals surface area contributed by atoms with Crippen LogP contribution in [0.2, 0.25) is 0 Å². The molecule has 1 unspecified atom stereocenters. The summed E-state index contributed by atoms with van der Waals surface area (Å²) in [6, 6.07) is 4.17. The van der Waals surface area contributed by atoms with Crippen molar-refractivity contribution >= 4 is 5.69 Å². The lowest BCUT2D eigenvalue weighted by Gasteiger charge is -2.18. The molecule has 18 heavy (non-hydrogen) atoms. The van der Waals surface area contributed by atoms with E-state index in [-0.39, 0.29) is 6.04 Å². The normalized spacial score (nSPS) is 17.9. The summed E-state index contributed by atoms with van der Waals surface area (Å²) < 4.78 is 13.9. The number of nitro groups is 1. The molecule has 0 spiro atoms. The summed E-state index contributed by atoms with van der Waals surface area (Å²) in [6.45, 7) is 0. The average molecular weight is 252 g/mol. The fourth-order valence-electron chi connectivity index (χ4n) is 2.67. The first-order valence-corrected chi connectivity index (χ1v) is 6.27. The summed E-state index contributed by atoms with van der Waals surface area (Å²) in [4.78, 5) is 9.96. The van der Waals surface area contributed by atoms with Crippen LogP contribution in [0.5, 0.6) is 0 Å². The number of nitro benzene ring substituents is 1. The standard InChI is InChI=1S/C13H17FN2O2/c14-13-10(6-3-7-12(13)16(17)18)8-11(15)9-4-1-2-5-9/h3,6-7,9,11H,1-2,4-5,8,15H2. The van der Waals surface area contributed by atoms with Gasteiger partial charge in [-0.25, -0.2) is 0 Å². The van der Waals surface area contributed by atoms with Gasteiger partial charge < -0.3 is 5.73 Å². The first-order valence-electron chi connectivity index (χ1n) is 6.27. The first kappa shape index (κ1) is 13.0. The minimum absolute atomic E-state index is 0.107. The second-order valence-corrected chi connectivity index (χ2v) is 4.92. The van der Waals surface area contributed by atoms with Crippen LogP contribution in [-0.4, -0.2) is 11.0 Å². The minimum Gasteiger partial charge on any atom is -0.327 e. The van der Waals surface area contributed by atoms with E-state index >= 15 is 0 Å². The maximum Gasteiger partial charge on any atom is 0.305 e. The van der Waals surface area contributed by atoms with Gasteiger partial charge in [-0.3, -0.25) is 10.1 Å². The summed E-state index contributed by atoms with van der Waals surface area (Å²) in [5.74, 6) is -0.320. The van der Waals surface area contributed by atoms with E-state index in [9.17, 15) is 14.5 Å². The van der Waals surface area contributed by atoms with Gasteiger partial charge in [-0.1, -0.05) is 25.0 Å². The van der Waals surface area contributed by atoms with Gasteiger partial charge in [0.1, 0.15) is 0 Å². The molecule has 2 N–H and O–H groups in total. The van der Waals surface area contributed by atoms with E-state index in [1.54, 1.807) is 6.07 Å². The zero-order valence-electron chi connectivity index (χ0n) is 10.1. The molecule has 4 nitrogen and oxygen atoms in total. The Bertz CT molecular complexity index is 445. The number of hydrogen-bond donors (Lipinski definition) is 1. The maximum atomic E-state index is 13.9. The van der Waals surface area contributed by atoms with Crippen LogP contribution in [-0.2, 0) is 6.42 Å². The molecule has 2 rings (SSSR count). The number of hydrogen-bond acceptors (Lipinski definition) is 3. The van der Waals surface area contributed by atoms with Crippen LogP contribution in [0, 0.1) is 21.8 Å². The summed E-state index contributed by atoms with van der Waals surface area (Å²) in [7, 11) is 0. The lowest BCUT2D eigenvalue weighted by Crippen LogP contribution is -2.31. The highest BCUT2D eigenvalue weighted by Gasteiger charge is 2.25. The summed E-state index contributed by atoms with van der Waals surface area (Å²) >= 11 is 0. The van der Waals surface area contributed by atoms with Crippen LogP contribution in [0.1, 0.15) is 31.2 Å². The van der Waals surface area contributed by atoms with Gasteiger partial charge in [-0.15, -0.1) is 0 Å². The van der Waals surface area contributed by atoms with Crippen molar-refractivity contribution in [3.05, 3.63) is 39.7 Å². The molecular weight excluding hydrogens is 235 g/mol. The van der Waals surface area contributed by atoms with E-state index in [0.29, 0.717) is 17.9 Å². The Morgan fingerprint density at radius 3 is 2.72 bits per heavy atom. The molecule has 0 saturated heterocycles. The number of nitrogens with two attached hydrogens (primary N) is 1. The molecule has 0 aliphatic heterocycles. The number of rotatable bonds is 4. The number of benzene rings is 1. The smallest absolute Gasteiger partial charge is 0.305 e. The van der Waals surface area contributed by atoms with E-state index in [0.717, 1.165) is 12.8 Å². The van der Waals surface area contributed by atoms with E-state index in [2.05, 4.69) is 0 Å². The molecule has 1 saturated carbocycles. The first-order chi connectivity index (χ1) is 8.59. The molecular formula is C13H17FN2O2. The molecule has 1 fully saturated rings.